The van der Waals surface area contributed by atoms with E-state index in [-0.39, 0.29) is 6.61 Å². The van der Waals surface area contributed by atoms with Crippen LogP contribution in [-0.2, 0) is 6.61 Å². The summed E-state index contributed by atoms with van der Waals surface area (Å²) in [6.07, 6.45) is 1.62. The molecule has 0 amide bonds. The average Bonchev–Trinajstić information content (AvgIpc) is 2.67. The molecular weight excluding hydrogens is 178 g/mol. The largest absolute Gasteiger partial charge is 0.399 e. The third kappa shape index (κ3) is 1.60. The van der Waals surface area contributed by atoms with Crippen LogP contribution in [-0.4, -0.2) is 15.1 Å². The van der Waals surface area contributed by atoms with Crippen LogP contribution in [0.2, 0.25) is 0 Å². The van der Waals surface area contributed by atoms with Crippen LogP contribution >= 0.6 is 0 Å². The SMILES string of the molecule is Nc1ccc(-c2ncc(CO)[nH]2)cc1. The summed E-state index contributed by atoms with van der Waals surface area (Å²) in [4.78, 5) is 7.13. The number of aromatic nitrogens is 2. The van der Waals surface area contributed by atoms with Crippen LogP contribution in [0.3, 0.4) is 0 Å². The van der Waals surface area contributed by atoms with Gasteiger partial charge >= 0.3 is 0 Å². The Morgan fingerprint density at radius 2 is 2.00 bits per heavy atom. The predicted octanol–water partition coefficient (Wildman–Crippen LogP) is 1.15. The number of rotatable bonds is 2. The Balaban J connectivity index is 2.34. The van der Waals surface area contributed by atoms with Gasteiger partial charge in [0.05, 0.1) is 18.5 Å². The van der Waals surface area contributed by atoms with Crippen LogP contribution in [0, 0.1) is 0 Å². The molecule has 2 rings (SSSR count). The highest BCUT2D eigenvalue weighted by molar-refractivity contribution is 5.58. The Bertz CT molecular complexity index is 419. The zero-order chi connectivity index (χ0) is 9.97. The number of aliphatic hydroxyl groups excluding tert-OH is 1. The molecule has 4 N–H and O–H groups in total. The van der Waals surface area contributed by atoms with E-state index in [9.17, 15) is 0 Å². The molecule has 0 fully saturated rings. The smallest absolute Gasteiger partial charge is 0.137 e. The zero-order valence-electron chi connectivity index (χ0n) is 7.57. The molecule has 0 saturated heterocycles. The Morgan fingerprint density at radius 1 is 1.29 bits per heavy atom. The standard InChI is InChI=1S/C10H11N3O/c11-8-3-1-7(2-4-8)10-12-5-9(6-14)13-10/h1-5,14H,6,11H2,(H,12,13). The molecule has 4 heteroatoms. The number of anilines is 1. The maximum atomic E-state index is 8.85. The number of nitrogens with two attached hydrogens (primary N) is 1. The molecule has 0 aliphatic rings. The van der Waals surface area contributed by atoms with Gasteiger partial charge in [-0.3, -0.25) is 0 Å². The van der Waals surface area contributed by atoms with Crippen molar-refractivity contribution in [1.82, 2.24) is 9.97 Å². The minimum absolute atomic E-state index is 0.0258. The molecule has 14 heavy (non-hydrogen) atoms. The van der Waals surface area contributed by atoms with Gasteiger partial charge in [-0.25, -0.2) is 4.98 Å². The van der Waals surface area contributed by atoms with Gasteiger partial charge in [-0.15, -0.1) is 0 Å². The van der Waals surface area contributed by atoms with Crippen LogP contribution in [0.5, 0.6) is 0 Å². The fourth-order valence-electron chi connectivity index (χ4n) is 1.23. The van der Waals surface area contributed by atoms with Gasteiger partial charge in [0.15, 0.2) is 0 Å². The second kappa shape index (κ2) is 3.51. The molecule has 0 bridgehead atoms. The van der Waals surface area contributed by atoms with E-state index < -0.39 is 0 Å². The molecule has 1 aromatic heterocycles. The lowest BCUT2D eigenvalue weighted by molar-refractivity contribution is 0.277. The van der Waals surface area contributed by atoms with E-state index in [1.54, 1.807) is 6.20 Å². The number of nitrogens with zero attached hydrogens (tertiary/aromatic N) is 1. The van der Waals surface area contributed by atoms with Crippen molar-refractivity contribution >= 4 is 5.69 Å². The minimum atomic E-state index is -0.0258. The van der Waals surface area contributed by atoms with Crippen LogP contribution in [0.15, 0.2) is 30.5 Å². The van der Waals surface area contributed by atoms with Crippen LogP contribution in [0.1, 0.15) is 5.69 Å². The predicted molar refractivity (Wildman–Crippen MR) is 54.4 cm³/mol. The lowest BCUT2D eigenvalue weighted by Crippen LogP contribution is -1.86. The van der Waals surface area contributed by atoms with Crippen LogP contribution in [0.25, 0.3) is 11.4 Å². The monoisotopic (exact) mass is 189 g/mol. The Labute approximate surface area is 81.4 Å². The summed E-state index contributed by atoms with van der Waals surface area (Å²) in [5.74, 6) is 0.744. The number of nitrogens with one attached hydrogen (secondary N) is 1. The van der Waals surface area contributed by atoms with Gasteiger partial charge in [-0.05, 0) is 24.3 Å². The fraction of sp³-hybridized carbons (Fsp3) is 0.100. The molecule has 1 heterocycles. The van der Waals surface area contributed by atoms with E-state index in [1.165, 1.54) is 0 Å². The molecule has 0 unspecified atom stereocenters. The Kier molecular flexibility index (Phi) is 2.20. The van der Waals surface area contributed by atoms with Crippen molar-refractivity contribution in [2.45, 2.75) is 6.61 Å². The van der Waals surface area contributed by atoms with Crippen molar-refractivity contribution in [3.63, 3.8) is 0 Å². The molecule has 0 aliphatic heterocycles. The molecular formula is C10H11N3O. The quantitative estimate of drug-likeness (QED) is 0.620. The number of hydrogen-bond acceptors (Lipinski definition) is 3. The van der Waals surface area contributed by atoms with Gasteiger partial charge in [0, 0.05) is 11.3 Å². The fourth-order valence-corrected chi connectivity index (χ4v) is 1.23. The third-order valence-electron chi connectivity index (χ3n) is 1.98. The molecule has 0 saturated carbocycles. The molecule has 1 aromatic carbocycles. The highest BCUT2D eigenvalue weighted by atomic mass is 16.3. The van der Waals surface area contributed by atoms with Crippen LogP contribution in [0.4, 0.5) is 5.69 Å². The van der Waals surface area contributed by atoms with Crippen LogP contribution < -0.4 is 5.73 Å². The minimum Gasteiger partial charge on any atom is -0.399 e. The van der Waals surface area contributed by atoms with E-state index in [0.29, 0.717) is 5.69 Å². The first-order chi connectivity index (χ1) is 6.79. The first-order valence-electron chi connectivity index (χ1n) is 4.30. The van der Waals surface area contributed by atoms with E-state index in [2.05, 4.69) is 9.97 Å². The normalized spacial score (nSPS) is 10.4. The van der Waals surface area contributed by atoms with Gasteiger partial charge in [-0.2, -0.15) is 0 Å². The Morgan fingerprint density at radius 3 is 2.57 bits per heavy atom. The number of nitrogen functional groups attached to an aromatic ring is 1. The summed E-state index contributed by atoms with van der Waals surface area (Å²) in [5, 5.41) is 8.85. The van der Waals surface area contributed by atoms with Crippen molar-refractivity contribution in [3.8, 4) is 11.4 Å². The van der Waals surface area contributed by atoms with Gasteiger partial charge < -0.3 is 15.8 Å². The molecule has 72 valence electrons. The number of hydrogen-bond donors (Lipinski definition) is 3. The summed E-state index contributed by atoms with van der Waals surface area (Å²) < 4.78 is 0. The number of aliphatic hydroxyl groups is 1. The van der Waals surface area contributed by atoms with Gasteiger partial charge in [0.25, 0.3) is 0 Å². The second-order valence-corrected chi connectivity index (χ2v) is 3.04. The number of aromatic amines is 1. The highest BCUT2D eigenvalue weighted by Gasteiger charge is 2.01. The second-order valence-electron chi connectivity index (χ2n) is 3.04. The lowest BCUT2D eigenvalue weighted by atomic mass is 10.2. The third-order valence-corrected chi connectivity index (χ3v) is 1.98. The topological polar surface area (TPSA) is 74.9 Å². The van der Waals surface area contributed by atoms with E-state index in [1.807, 2.05) is 24.3 Å². The Hall–Kier alpha value is -1.81. The molecule has 0 radical (unpaired) electrons. The summed E-state index contributed by atoms with van der Waals surface area (Å²) in [7, 11) is 0. The summed E-state index contributed by atoms with van der Waals surface area (Å²) in [5.41, 5.74) is 7.95. The van der Waals surface area contributed by atoms with Crippen molar-refractivity contribution < 1.29 is 5.11 Å². The summed E-state index contributed by atoms with van der Waals surface area (Å²) in [6.45, 7) is -0.0258. The maximum absolute atomic E-state index is 8.85. The van der Waals surface area contributed by atoms with E-state index >= 15 is 0 Å². The van der Waals surface area contributed by atoms with E-state index in [0.717, 1.165) is 17.1 Å². The first kappa shape index (κ1) is 8.77. The highest BCUT2D eigenvalue weighted by Crippen LogP contribution is 2.16. The summed E-state index contributed by atoms with van der Waals surface area (Å²) in [6, 6.07) is 7.40. The average molecular weight is 189 g/mol. The van der Waals surface area contributed by atoms with Crippen molar-refractivity contribution in [3.05, 3.63) is 36.2 Å². The maximum Gasteiger partial charge on any atom is 0.137 e. The molecule has 0 spiro atoms. The van der Waals surface area contributed by atoms with E-state index in [4.69, 9.17) is 10.8 Å². The number of H-pyrrole nitrogens is 1. The number of imidazole rings is 1. The number of benzene rings is 1. The van der Waals surface area contributed by atoms with Gasteiger partial charge in [-0.1, -0.05) is 0 Å². The van der Waals surface area contributed by atoms with Gasteiger partial charge in [0.1, 0.15) is 5.82 Å². The molecule has 4 nitrogen and oxygen atoms in total. The van der Waals surface area contributed by atoms with Gasteiger partial charge in [0.2, 0.25) is 0 Å². The molecule has 0 aliphatic carbocycles. The lowest BCUT2D eigenvalue weighted by Gasteiger charge is -1.97. The molecule has 0 atom stereocenters. The summed E-state index contributed by atoms with van der Waals surface area (Å²) >= 11 is 0. The van der Waals surface area contributed by atoms with Crippen molar-refractivity contribution in [1.29, 1.82) is 0 Å². The first-order valence-corrected chi connectivity index (χ1v) is 4.30. The zero-order valence-corrected chi connectivity index (χ0v) is 7.57. The van der Waals surface area contributed by atoms with Crippen molar-refractivity contribution in [2.24, 2.45) is 0 Å². The molecule has 2 aromatic rings. The van der Waals surface area contributed by atoms with Crippen molar-refractivity contribution in [2.75, 3.05) is 5.73 Å².